The number of hydrazone groups is 1. The van der Waals surface area contributed by atoms with Crippen molar-refractivity contribution in [3.05, 3.63) is 58.6 Å². The van der Waals surface area contributed by atoms with Crippen LogP contribution in [0.2, 0.25) is 0 Å². The normalized spacial score (nSPS) is 27.0. The summed E-state index contributed by atoms with van der Waals surface area (Å²) in [6, 6.07) is 16.3. The van der Waals surface area contributed by atoms with Gasteiger partial charge in [-0.2, -0.15) is 10.1 Å². The first-order chi connectivity index (χ1) is 13.5. The quantitative estimate of drug-likeness (QED) is 0.683. The lowest BCUT2D eigenvalue weighted by Gasteiger charge is -2.52. The molecule has 3 aliphatic heterocycles. The van der Waals surface area contributed by atoms with E-state index in [9.17, 15) is 4.79 Å². The van der Waals surface area contributed by atoms with Crippen LogP contribution >= 0.6 is 15.9 Å². The minimum Gasteiger partial charge on any atom is -0.364 e. The van der Waals surface area contributed by atoms with Gasteiger partial charge in [-0.05, 0) is 56.3 Å². The van der Waals surface area contributed by atoms with E-state index in [2.05, 4.69) is 51.0 Å². The molecule has 2 atom stereocenters. The second-order valence-electron chi connectivity index (χ2n) is 8.03. The van der Waals surface area contributed by atoms with E-state index in [0.29, 0.717) is 6.42 Å². The van der Waals surface area contributed by atoms with Gasteiger partial charge in [0.25, 0.3) is 5.91 Å². The number of hydrogen-bond acceptors (Lipinski definition) is 4. The number of likely N-dealkylation sites (N-methyl/N-ethyl adjacent to an activating group) is 1. The van der Waals surface area contributed by atoms with Crippen LogP contribution in [0.5, 0.6) is 0 Å². The Balaban J connectivity index is 1.65. The molecule has 5 nitrogen and oxygen atoms in total. The van der Waals surface area contributed by atoms with Crippen molar-refractivity contribution < 1.29 is 4.79 Å². The van der Waals surface area contributed by atoms with E-state index in [1.165, 1.54) is 11.3 Å². The highest BCUT2D eigenvalue weighted by atomic mass is 79.9. The Kier molecular flexibility index (Phi) is 4.10. The van der Waals surface area contributed by atoms with Crippen LogP contribution in [-0.2, 0) is 11.2 Å². The highest BCUT2D eigenvalue weighted by Crippen LogP contribution is 2.48. The SMILES string of the molecule is CC1=NN(c2ccccc2)C(=O)C12Cc1cc(Br)ccc1N1CCN(C)CC12. The molecule has 1 spiro atoms. The van der Waals surface area contributed by atoms with Crippen molar-refractivity contribution in [1.82, 2.24) is 4.90 Å². The molecule has 1 saturated heterocycles. The van der Waals surface area contributed by atoms with Crippen molar-refractivity contribution in [2.45, 2.75) is 19.4 Å². The van der Waals surface area contributed by atoms with Gasteiger partial charge in [0.05, 0.1) is 17.4 Å². The third-order valence-electron chi connectivity index (χ3n) is 6.44. The molecule has 0 aromatic heterocycles. The molecular weight excluding hydrogens is 416 g/mol. The average molecular weight is 439 g/mol. The third-order valence-corrected chi connectivity index (χ3v) is 6.94. The Hall–Kier alpha value is -2.18. The highest BCUT2D eigenvalue weighted by Gasteiger charge is 2.59. The van der Waals surface area contributed by atoms with Crippen LogP contribution in [0.4, 0.5) is 11.4 Å². The molecule has 0 saturated carbocycles. The molecular formula is C22H23BrN4O. The van der Waals surface area contributed by atoms with E-state index in [1.807, 2.05) is 37.3 Å². The van der Waals surface area contributed by atoms with Crippen LogP contribution in [0.1, 0.15) is 12.5 Å². The standard InChI is InChI=1S/C22H23BrN4O/c1-15-22(21(28)27(24-15)18-6-4-3-5-7-18)13-16-12-17(23)8-9-19(16)26-11-10-25(2)14-20(22)26/h3-9,12,20H,10-11,13-14H2,1-2H3. The molecule has 3 heterocycles. The van der Waals surface area contributed by atoms with Gasteiger partial charge in [0, 0.05) is 29.8 Å². The Bertz CT molecular complexity index is 976. The fourth-order valence-electron chi connectivity index (χ4n) is 4.98. The fraction of sp³-hybridized carbons (Fsp3) is 0.364. The molecule has 3 aliphatic rings. The number of benzene rings is 2. The van der Waals surface area contributed by atoms with E-state index >= 15 is 0 Å². The summed E-state index contributed by atoms with van der Waals surface area (Å²) in [5, 5.41) is 6.39. The number of anilines is 2. The maximum atomic E-state index is 13.9. The summed E-state index contributed by atoms with van der Waals surface area (Å²) < 4.78 is 1.05. The molecule has 0 N–H and O–H groups in total. The van der Waals surface area contributed by atoms with Gasteiger partial charge in [-0.25, -0.2) is 0 Å². The number of piperazine rings is 1. The lowest BCUT2D eigenvalue weighted by molar-refractivity contribution is -0.125. The highest BCUT2D eigenvalue weighted by molar-refractivity contribution is 9.10. The second-order valence-corrected chi connectivity index (χ2v) is 8.95. The molecule has 1 amide bonds. The monoisotopic (exact) mass is 438 g/mol. The number of amides is 1. The van der Waals surface area contributed by atoms with Crippen LogP contribution < -0.4 is 9.91 Å². The predicted octanol–water partition coefficient (Wildman–Crippen LogP) is 3.53. The number of rotatable bonds is 1. The summed E-state index contributed by atoms with van der Waals surface area (Å²) in [5.41, 5.74) is 3.59. The molecule has 1 fully saturated rings. The van der Waals surface area contributed by atoms with Gasteiger partial charge in [0.2, 0.25) is 0 Å². The van der Waals surface area contributed by atoms with E-state index in [1.54, 1.807) is 5.01 Å². The van der Waals surface area contributed by atoms with Gasteiger partial charge in [-0.3, -0.25) is 4.79 Å². The zero-order chi connectivity index (χ0) is 19.5. The molecule has 28 heavy (non-hydrogen) atoms. The minimum absolute atomic E-state index is 0.0879. The Morgan fingerprint density at radius 1 is 1.14 bits per heavy atom. The molecule has 2 aromatic carbocycles. The fourth-order valence-corrected chi connectivity index (χ4v) is 5.39. The first-order valence-electron chi connectivity index (χ1n) is 9.69. The van der Waals surface area contributed by atoms with Crippen LogP contribution in [0, 0.1) is 5.41 Å². The van der Waals surface area contributed by atoms with Crippen LogP contribution in [0.15, 0.2) is 58.1 Å². The van der Waals surface area contributed by atoms with Gasteiger partial charge >= 0.3 is 0 Å². The molecule has 0 aliphatic carbocycles. The van der Waals surface area contributed by atoms with Gasteiger partial charge in [0.1, 0.15) is 5.41 Å². The Morgan fingerprint density at radius 2 is 1.93 bits per heavy atom. The molecule has 6 heteroatoms. The molecule has 2 unspecified atom stereocenters. The lowest BCUT2D eigenvalue weighted by Crippen LogP contribution is -2.66. The average Bonchev–Trinajstić information content (AvgIpc) is 2.94. The van der Waals surface area contributed by atoms with E-state index in [4.69, 9.17) is 5.10 Å². The maximum Gasteiger partial charge on any atom is 0.261 e. The molecule has 144 valence electrons. The lowest BCUT2D eigenvalue weighted by atomic mass is 9.67. The topological polar surface area (TPSA) is 39.2 Å². The van der Waals surface area contributed by atoms with Gasteiger partial charge in [-0.1, -0.05) is 34.1 Å². The van der Waals surface area contributed by atoms with Gasteiger partial charge in [-0.15, -0.1) is 0 Å². The molecule has 0 bridgehead atoms. The van der Waals surface area contributed by atoms with Crippen molar-refractivity contribution in [2.75, 3.05) is 36.6 Å². The molecule has 0 radical (unpaired) electrons. The number of carbonyl (C=O) groups is 1. The Labute approximate surface area is 173 Å². The van der Waals surface area contributed by atoms with E-state index in [0.717, 1.165) is 35.5 Å². The zero-order valence-corrected chi connectivity index (χ0v) is 17.7. The van der Waals surface area contributed by atoms with Crippen LogP contribution in [-0.4, -0.2) is 49.2 Å². The van der Waals surface area contributed by atoms with Crippen LogP contribution in [0.25, 0.3) is 0 Å². The smallest absolute Gasteiger partial charge is 0.261 e. The number of carbonyl (C=O) groups excluding carboxylic acids is 1. The third kappa shape index (κ3) is 2.47. The summed E-state index contributed by atoms with van der Waals surface area (Å²) in [7, 11) is 2.14. The van der Waals surface area contributed by atoms with Crippen molar-refractivity contribution >= 4 is 38.9 Å². The number of fused-ring (bicyclic) bond motifs is 4. The number of para-hydroxylation sites is 1. The molecule has 2 aromatic rings. The van der Waals surface area contributed by atoms with Gasteiger partial charge < -0.3 is 9.80 Å². The molecule has 5 rings (SSSR count). The first kappa shape index (κ1) is 17.9. The summed E-state index contributed by atoms with van der Waals surface area (Å²) in [4.78, 5) is 18.7. The van der Waals surface area contributed by atoms with Crippen LogP contribution in [0.3, 0.4) is 0 Å². The zero-order valence-electron chi connectivity index (χ0n) is 16.1. The Morgan fingerprint density at radius 3 is 2.71 bits per heavy atom. The van der Waals surface area contributed by atoms with Gasteiger partial charge in [0.15, 0.2) is 0 Å². The van der Waals surface area contributed by atoms with Crippen molar-refractivity contribution in [3.8, 4) is 0 Å². The number of halogens is 1. The maximum absolute atomic E-state index is 13.9. The largest absolute Gasteiger partial charge is 0.364 e. The van der Waals surface area contributed by atoms with E-state index in [-0.39, 0.29) is 11.9 Å². The number of hydrogen-bond donors (Lipinski definition) is 0. The summed E-state index contributed by atoms with van der Waals surface area (Å²) in [5.74, 6) is 0.0899. The first-order valence-corrected chi connectivity index (χ1v) is 10.5. The summed E-state index contributed by atoms with van der Waals surface area (Å²) in [6.45, 7) is 4.80. The minimum atomic E-state index is -0.627. The van der Waals surface area contributed by atoms with Crippen molar-refractivity contribution in [3.63, 3.8) is 0 Å². The van der Waals surface area contributed by atoms with Crippen molar-refractivity contribution in [2.24, 2.45) is 10.5 Å². The van der Waals surface area contributed by atoms with Crippen molar-refractivity contribution in [1.29, 1.82) is 0 Å². The van der Waals surface area contributed by atoms with E-state index < -0.39 is 5.41 Å². The summed E-state index contributed by atoms with van der Waals surface area (Å²) >= 11 is 3.61. The predicted molar refractivity (Wildman–Crippen MR) is 116 cm³/mol. The summed E-state index contributed by atoms with van der Waals surface area (Å²) in [6.07, 6.45) is 0.689. The number of nitrogens with zero attached hydrogens (tertiary/aromatic N) is 4. The second kappa shape index (κ2) is 6.42.